The maximum Gasteiger partial charge on any atom is 0.0931 e. The van der Waals surface area contributed by atoms with E-state index in [2.05, 4.69) is 63.6 Å². The summed E-state index contributed by atoms with van der Waals surface area (Å²) in [6.07, 6.45) is 1.78. The first kappa shape index (κ1) is 11.8. The Morgan fingerprint density at radius 3 is 2.06 bits per heavy atom. The van der Waals surface area contributed by atoms with Crippen LogP contribution in [0, 0.1) is 5.41 Å². The fourth-order valence-electron chi connectivity index (χ4n) is 3.47. The number of hydrogen-bond acceptors (Lipinski definition) is 1. The smallest absolute Gasteiger partial charge is 0.0931 e. The molecule has 0 saturated heterocycles. The normalized spacial score (nSPS) is 23.2. The van der Waals surface area contributed by atoms with Crippen LogP contribution >= 0.6 is 0 Å². The number of nitrogens with one attached hydrogen (secondary N) is 1. The largest absolute Gasteiger partial charge is 0.345 e. The van der Waals surface area contributed by atoms with Gasteiger partial charge in [0.1, 0.15) is 0 Å². The lowest BCUT2D eigenvalue weighted by Crippen LogP contribution is -2.42. The van der Waals surface area contributed by atoms with Crippen LogP contribution < -0.4 is 0 Å². The van der Waals surface area contributed by atoms with Crippen molar-refractivity contribution in [3.63, 3.8) is 0 Å². The van der Waals surface area contributed by atoms with Crippen LogP contribution in [-0.4, -0.2) is 9.97 Å². The van der Waals surface area contributed by atoms with E-state index in [9.17, 15) is 0 Å². The van der Waals surface area contributed by atoms with Crippen LogP contribution in [-0.2, 0) is 10.8 Å². The van der Waals surface area contributed by atoms with E-state index in [0.29, 0.717) is 0 Å². The number of aromatic amines is 1. The molecule has 2 aromatic rings. The lowest BCUT2D eigenvalue weighted by molar-refractivity contribution is 0.125. The minimum atomic E-state index is 0.166. The number of H-pyrrole nitrogens is 1. The summed E-state index contributed by atoms with van der Waals surface area (Å²) in [4.78, 5) is 7.63. The Morgan fingerprint density at radius 1 is 0.889 bits per heavy atom. The van der Waals surface area contributed by atoms with Crippen molar-refractivity contribution in [1.82, 2.24) is 9.97 Å². The molecular formula is C16H22N2. The summed E-state index contributed by atoms with van der Waals surface area (Å²) < 4.78 is 0. The molecule has 0 spiro atoms. The van der Waals surface area contributed by atoms with Crippen molar-refractivity contribution in [2.45, 2.75) is 52.4 Å². The number of benzene rings is 1. The van der Waals surface area contributed by atoms with Gasteiger partial charge in [0.2, 0.25) is 0 Å². The number of aromatic nitrogens is 2. The predicted octanol–water partition coefficient (Wildman–Crippen LogP) is 4.16. The predicted molar refractivity (Wildman–Crippen MR) is 75.9 cm³/mol. The highest BCUT2D eigenvalue weighted by Crippen LogP contribution is 2.61. The van der Waals surface area contributed by atoms with Gasteiger partial charge in [-0.1, -0.05) is 41.5 Å². The van der Waals surface area contributed by atoms with Gasteiger partial charge >= 0.3 is 0 Å². The highest BCUT2D eigenvalue weighted by atomic mass is 14.9. The van der Waals surface area contributed by atoms with Crippen molar-refractivity contribution in [2.24, 2.45) is 5.41 Å². The van der Waals surface area contributed by atoms with Crippen LogP contribution in [0.15, 0.2) is 18.5 Å². The first-order valence-electron chi connectivity index (χ1n) is 6.68. The van der Waals surface area contributed by atoms with Gasteiger partial charge in [-0.3, -0.25) is 0 Å². The van der Waals surface area contributed by atoms with Gasteiger partial charge in [0, 0.05) is 0 Å². The molecule has 1 aliphatic rings. The molecule has 0 bridgehead atoms. The average molecular weight is 242 g/mol. The van der Waals surface area contributed by atoms with E-state index in [0.717, 1.165) is 11.0 Å². The molecule has 3 rings (SSSR count). The lowest BCUT2D eigenvalue weighted by Gasteiger charge is -2.44. The number of fused-ring (bicyclic) bond motifs is 2. The van der Waals surface area contributed by atoms with Crippen molar-refractivity contribution in [1.29, 1.82) is 0 Å². The molecule has 1 N–H and O–H groups in total. The second-order valence-electron chi connectivity index (χ2n) is 7.19. The Hall–Kier alpha value is -1.31. The van der Waals surface area contributed by atoms with E-state index >= 15 is 0 Å². The summed E-state index contributed by atoms with van der Waals surface area (Å²) >= 11 is 0. The summed E-state index contributed by atoms with van der Waals surface area (Å²) in [5, 5.41) is 0. The fourth-order valence-corrected chi connectivity index (χ4v) is 3.47. The zero-order chi connectivity index (χ0) is 13.3. The number of rotatable bonds is 0. The van der Waals surface area contributed by atoms with Gasteiger partial charge in [0.15, 0.2) is 0 Å². The van der Waals surface area contributed by atoms with Gasteiger partial charge in [-0.15, -0.1) is 0 Å². The quantitative estimate of drug-likeness (QED) is 0.738. The van der Waals surface area contributed by atoms with Gasteiger partial charge in [-0.05, 0) is 39.5 Å². The van der Waals surface area contributed by atoms with Crippen molar-refractivity contribution >= 4 is 11.0 Å². The van der Waals surface area contributed by atoms with Gasteiger partial charge in [-0.2, -0.15) is 0 Å². The molecule has 2 heteroatoms. The van der Waals surface area contributed by atoms with Crippen LogP contribution in [0.25, 0.3) is 11.0 Å². The summed E-state index contributed by atoms with van der Waals surface area (Å²) in [7, 11) is 0. The minimum absolute atomic E-state index is 0.166. The molecule has 0 unspecified atom stereocenters. The van der Waals surface area contributed by atoms with Crippen LogP contribution in [0.3, 0.4) is 0 Å². The highest BCUT2D eigenvalue weighted by Gasteiger charge is 2.56. The first-order valence-corrected chi connectivity index (χ1v) is 6.68. The second kappa shape index (κ2) is 2.98. The maximum absolute atomic E-state index is 4.40. The third-order valence-electron chi connectivity index (χ3n) is 6.03. The summed E-state index contributed by atoms with van der Waals surface area (Å²) in [6, 6.07) is 4.58. The van der Waals surface area contributed by atoms with E-state index in [4.69, 9.17) is 0 Å². The first-order chi connectivity index (χ1) is 8.19. The molecule has 0 amide bonds. The summed E-state index contributed by atoms with van der Waals surface area (Å²) in [5.74, 6) is 0. The van der Waals surface area contributed by atoms with Crippen LogP contribution in [0.1, 0.15) is 52.7 Å². The molecule has 1 aliphatic carbocycles. The molecule has 0 saturated carbocycles. The van der Waals surface area contributed by atoms with E-state index in [-0.39, 0.29) is 16.2 Å². The van der Waals surface area contributed by atoms with Crippen molar-refractivity contribution in [3.8, 4) is 0 Å². The van der Waals surface area contributed by atoms with Gasteiger partial charge in [0.25, 0.3) is 0 Å². The topological polar surface area (TPSA) is 28.7 Å². The zero-order valence-corrected chi connectivity index (χ0v) is 12.2. The molecule has 1 heterocycles. The maximum atomic E-state index is 4.40. The Morgan fingerprint density at radius 2 is 1.44 bits per heavy atom. The summed E-state index contributed by atoms with van der Waals surface area (Å²) in [5.41, 5.74) is 5.71. The summed E-state index contributed by atoms with van der Waals surface area (Å²) in [6.45, 7) is 14.2. The van der Waals surface area contributed by atoms with E-state index in [1.807, 2.05) is 0 Å². The van der Waals surface area contributed by atoms with Crippen molar-refractivity contribution in [3.05, 3.63) is 29.6 Å². The Bertz CT molecular complexity index is 578. The molecule has 0 radical (unpaired) electrons. The van der Waals surface area contributed by atoms with Crippen LogP contribution in [0.2, 0.25) is 0 Å². The third kappa shape index (κ3) is 1.07. The Labute approximate surface area is 109 Å². The molecule has 0 fully saturated rings. The fraction of sp³-hybridized carbons (Fsp3) is 0.562. The van der Waals surface area contributed by atoms with Crippen molar-refractivity contribution in [2.75, 3.05) is 0 Å². The SMILES string of the molecule is CC1(C)c2cc3nc[nH]c3cc2C(C)(C)C1(C)C. The van der Waals surface area contributed by atoms with Gasteiger partial charge < -0.3 is 4.98 Å². The number of hydrogen-bond donors (Lipinski definition) is 1. The highest BCUT2D eigenvalue weighted by molar-refractivity contribution is 5.78. The molecule has 2 nitrogen and oxygen atoms in total. The third-order valence-corrected chi connectivity index (χ3v) is 6.03. The van der Waals surface area contributed by atoms with Crippen LogP contribution in [0.4, 0.5) is 0 Å². The Balaban J connectivity index is 2.42. The molecule has 0 atom stereocenters. The number of imidazole rings is 1. The minimum Gasteiger partial charge on any atom is -0.345 e. The van der Waals surface area contributed by atoms with Crippen LogP contribution in [0.5, 0.6) is 0 Å². The lowest BCUT2D eigenvalue weighted by atomic mass is 9.59. The van der Waals surface area contributed by atoms with E-state index in [1.54, 1.807) is 6.33 Å². The Kier molecular flexibility index (Phi) is 1.95. The van der Waals surface area contributed by atoms with Gasteiger partial charge in [-0.25, -0.2) is 4.98 Å². The monoisotopic (exact) mass is 242 g/mol. The second-order valence-corrected chi connectivity index (χ2v) is 7.19. The van der Waals surface area contributed by atoms with E-state index in [1.165, 1.54) is 11.1 Å². The zero-order valence-electron chi connectivity index (χ0n) is 12.2. The number of nitrogens with zero attached hydrogens (tertiary/aromatic N) is 1. The molecule has 18 heavy (non-hydrogen) atoms. The molecular weight excluding hydrogens is 220 g/mol. The molecule has 1 aromatic heterocycles. The van der Waals surface area contributed by atoms with Crippen molar-refractivity contribution < 1.29 is 0 Å². The molecule has 96 valence electrons. The standard InChI is InChI=1S/C16H22N2/c1-14(2)10-7-12-13(18-9-17-12)8-11(10)15(3,4)16(14,5)6/h7-9H,1-6H3,(H,17,18). The van der Waals surface area contributed by atoms with Gasteiger partial charge in [0.05, 0.1) is 17.4 Å². The molecule has 0 aliphatic heterocycles. The average Bonchev–Trinajstić information content (AvgIpc) is 2.76. The van der Waals surface area contributed by atoms with E-state index < -0.39 is 0 Å². The molecule has 1 aromatic carbocycles.